The maximum atomic E-state index is 12.5. The highest BCUT2D eigenvalue weighted by Crippen LogP contribution is 2.24. The van der Waals surface area contributed by atoms with Gasteiger partial charge in [-0.25, -0.2) is 12.7 Å². The van der Waals surface area contributed by atoms with E-state index in [9.17, 15) is 18.0 Å². The first-order chi connectivity index (χ1) is 12.3. The monoisotopic (exact) mass is 436 g/mol. The Morgan fingerprint density at radius 2 is 1.85 bits per heavy atom. The second kappa shape index (κ2) is 7.20. The molecule has 0 saturated heterocycles. The fraction of sp³-hybridized carbons (Fsp3) is 0.222. The number of benzene rings is 2. The van der Waals surface area contributed by atoms with Crippen molar-refractivity contribution in [1.29, 1.82) is 0 Å². The SMILES string of the molecule is CC(NC(=O)CN1C(=O)c2ccccc2CS1(=O)=O)c1ccc(Br)cc1. The first kappa shape index (κ1) is 18.6. The Bertz CT molecular complexity index is 957. The molecule has 1 aliphatic heterocycles. The highest BCUT2D eigenvalue weighted by molar-refractivity contribution is 9.10. The minimum absolute atomic E-state index is 0.287. The van der Waals surface area contributed by atoms with Crippen LogP contribution in [-0.4, -0.2) is 31.1 Å². The highest BCUT2D eigenvalue weighted by atomic mass is 79.9. The summed E-state index contributed by atoms with van der Waals surface area (Å²) in [5, 5.41) is 2.73. The first-order valence-electron chi connectivity index (χ1n) is 7.95. The van der Waals surface area contributed by atoms with Gasteiger partial charge in [0, 0.05) is 10.0 Å². The summed E-state index contributed by atoms with van der Waals surface area (Å²) in [5.74, 6) is -1.49. The number of carbonyl (C=O) groups excluding carboxylic acids is 2. The molecule has 1 heterocycles. The van der Waals surface area contributed by atoms with Crippen LogP contribution in [0.3, 0.4) is 0 Å². The van der Waals surface area contributed by atoms with Crippen molar-refractivity contribution >= 4 is 37.8 Å². The van der Waals surface area contributed by atoms with Gasteiger partial charge in [-0.15, -0.1) is 0 Å². The molecule has 1 N–H and O–H groups in total. The van der Waals surface area contributed by atoms with Gasteiger partial charge in [0.1, 0.15) is 6.54 Å². The number of sulfonamides is 1. The van der Waals surface area contributed by atoms with Crippen LogP contribution in [0.4, 0.5) is 0 Å². The maximum absolute atomic E-state index is 12.5. The molecule has 8 heteroatoms. The van der Waals surface area contributed by atoms with E-state index >= 15 is 0 Å². The number of nitrogens with one attached hydrogen (secondary N) is 1. The second-order valence-electron chi connectivity index (χ2n) is 6.07. The van der Waals surface area contributed by atoms with E-state index in [1.165, 1.54) is 0 Å². The van der Waals surface area contributed by atoms with Crippen LogP contribution in [0.2, 0.25) is 0 Å². The molecule has 0 bridgehead atoms. The summed E-state index contributed by atoms with van der Waals surface area (Å²) >= 11 is 3.35. The van der Waals surface area contributed by atoms with Gasteiger partial charge >= 0.3 is 0 Å². The zero-order valence-electron chi connectivity index (χ0n) is 14.0. The Balaban J connectivity index is 1.74. The van der Waals surface area contributed by atoms with Crippen molar-refractivity contribution < 1.29 is 18.0 Å². The van der Waals surface area contributed by atoms with Gasteiger partial charge in [-0.2, -0.15) is 0 Å². The number of hydrogen-bond donors (Lipinski definition) is 1. The molecule has 26 heavy (non-hydrogen) atoms. The summed E-state index contributed by atoms with van der Waals surface area (Å²) in [6.45, 7) is 1.26. The van der Waals surface area contributed by atoms with Crippen LogP contribution in [0.5, 0.6) is 0 Å². The van der Waals surface area contributed by atoms with Crippen molar-refractivity contribution in [1.82, 2.24) is 9.62 Å². The molecular weight excluding hydrogens is 420 g/mol. The Morgan fingerprint density at radius 1 is 1.19 bits per heavy atom. The number of nitrogens with zero attached hydrogens (tertiary/aromatic N) is 1. The predicted octanol–water partition coefficient (Wildman–Crippen LogP) is 2.61. The number of amides is 2. The van der Waals surface area contributed by atoms with Gasteiger partial charge in [0.2, 0.25) is 15.9 Å². The smallest absolute Gasteiger partial charge is 0.268 e. The number of hydrogen-bond acceptors (Lipinski definition) is 4. The Morgan fingerprint density at radius 3 is 2.54 bits per heavy atom. The molecule has 1 aliphatic rings. The fourth-order valence-corrected chi connectivity index (χ4v) is 4.54. The van der Waals surface area contributed by atoms with Crippen LogP contribution in [0, 0.1) is 0 Å². The van der Waals surface area contributed by atoms with Gasteiger partial charge in [0.05, 0.1) is 11.8 Å². The summed E-state index contributed by atoms with van der Waals surface area (Å²) in [6.07, 6.45) is 0. The van der Waals surface area contributed by atoms with Crippen LogP contribution in [-0.2, 0) is 20.6 Å². The molecule has 3 rings (SSSR count). The van der Waals surface area contributed by atoms with Crippen molar-refractivity contribution in [3.8, 4) is 0 Å². The molecule has 0 saturated carbocycles. The lowest BCUT2D eigenvalue weighted by Crippen LogP contribution is -2.47. The van der Waals surface area contributed by atoms with Crippen LogP contribution in [0.1, 0.15) is 34.5 Å². The van der Waals surface area contributed by atoms with Gasteiger partial charge in [-0.3, -0.25) is 9.59 Å². The summed E-state index contributed by atoms with van der Waals surface area (Å²) in [4.78, 5) is 24.9. The van der Waals surface area contributed by atoms with Gasteiger partial charge < -0.3 is 5.32 Å². The summed E-state index contributed by atoms with van der Waals surface area (Å²) in [7, 11) is -3.87. The average Bonchev–Trinajstić information content (AvgIpc) is 2.59. The first-order valence-corrected chi connectivity index (χ1v) is 10.4. The number of halogens is 1. The van der Waals surface area contributed by atoms with Crippen LogP contribution in [0.25, 0.3) is 0 Å². The molecule has 0 fully saturated rings. The summed E-state index contributed by atoms with van der Waals surface area (Å²) < 4.78 is 26.4. The third kappa shape index (κ3) is 3.81. The Labute approximate surface area is 160 Å². The molecule has 2 aromatic carbocycles. The minimum atomic E-state index is -3.87. The van der Waals surface area contributed by atoms with E-state index in [0.29, 0.717) is 15.4 Å². The number of carbonyl (C=O) groups is 2. The predicted molar refractivity (Wildman–Crippen MR) is 101 cm³/mol. The lowest BCUT2D eigenvalue weighted by Gasteiger charge is -2.28. The second-order valence-corrected chi connectivity index (χ2v) is 8.87. The molecule has 1 atom stereocenters. The lowest BCUT2D eigenvalue weighted by molar-refractivity contribution is -0.121. The Kier molecular flexibility index (Phi) is 5.15. The van der Waals surface area contributed by atoms with E-state index in [1.807, 2.05) is 24.3 Å². The van der Waals surface area contributed by atoms with E-state index < -0.39 is 28.4 Å². The average molecular weight is 437 g/mol. The van der Waals surface area contributed by atoms with E-state index in [0.717, 1.165) is 10.0 Å². The van der Waals surface area contributed by atoms with Crippen molar-refractivity contribution in [3.05, 3.63) is 69.7 Å². The maximum Gasteiger partial charge on any atom is 0.268 e. The molecule has 0 aliphatic carbocycles. The largest absolute Gasteiger partial charge is 0.348 e. The third-order valence-corrected chi connectivity index (χ3v) is 6.35. The quantitative estimate of drug-likeness (QED) is 0.797. The van der Waals surface area contributed by atoms with Crippen LogP contribution < -0.4 is 5.32 Å². The lowest BCUT2D eigenvalue weighted by atomic mass is 10.1. The van der Waals surface area contributed by atoms with Gasteiger partial charge in [0.25, 0.3) is 5.91 Å². The normalized spacial score (nSPS) is 16.7. The molecule has 6 nitrogen and oxygen atoms in total. The van der Waals surface area contributed by atoms with Crippen molar-refractivity contribution in [2.75, 3.05) is 6.54 Å². The molecule has 2 amide bonds. The molecule has 0 radical (unpaired) electrons. The zero-order valence-corrected chi connectivity index (χ0v) is 16.4. The third-order valence-electron chi connectivity index (χ3n) is 4.18. The fourth-order valence-electron chi connectivity index (χ4n) is 2.81. The van der Waals surface area contributed by atoms with Crippen molar-refractivity contribution in [2.24, 2.45) is 0 Å². The van der Waals surface area contributed by atoms with Crippen LogP contribution in [0.15, 0.2) is 53.0 Å². The van der Waals surface area contributed by atoms with E-state index in [4.69, 9.17) is 0 Å². The van der Waals surface area contributed by atoms with Gasteiger partial charge in [-0.1, -0.05) is 46.3 Å². The van der Waals surface area contributed by atoms with Gasteiger partial charge in [0.15, 0.2) is 0 Å². The van der Waals surface area contributed by atoms with Crippen LogP contribution >= 0.6 is 15.9 Å². The summed E-state index contributed by atoms with van der Waals surface area (Å²) in [6, 6.07) is 13.6. The van der Waals surface area contributed by atoms with Crippen molar-refractivity contribution in [2.45, 2.75) is 18.7 Å². The number of fused-ring (bicyclic) bond motifs is 1. The van der Waals surface area contributed by atoms with E-state index in [-0.39, 0.29) is 11.8 Å². The topological polar surface area (TPSA) is 83.6 Å². The molecule has 136 valence electrons. The minimum Gasteiger partial charge on any atom is -0.348 e. The molecule has 0 aromatic heterocycles. The molecular formula is C18H17BrN2O4S. The highest BCUT2D eigenvalue weighted by Gasteiger charge is 2.36. The van der Waals surface area contributed by atoms with Crippen molar-refractivity contribution in [3.63, 3.8) is 0 Å². The molecule has 0 spiro atoms. The zero-order chi connectivity index (χ0) is 18.9. The standard InChI is InChI=1S/C18H17BrN2O4S/c1-12(13-6-8-15(19)9-7-13)20-17(22)10-21-18(23)16-5-3-2-4-14(16)11-26(21,24)25/h2-9,12H,10-11H2,1H3,(H,20,22). The molecule has 1 unspecified atom stereocenters. The molecule has 2 aromatic rings. The van der Waals surface area contributed by atoms with Gasteiger partial charge in [-0.05, 0) is 36.2 Å². The Hall–Kier alpha value is -2.19. The van der Waals surface area contributed by atoms with E-state index in [1.54, 1.807) is 31.2 Å². The van der Waals surface area contributed by atoms with E-state index in [2.05, 4.69) is 21.2 Å². The summed E-state index contributed by atoms with van der Waals surface area (Å²) in [5.41, 5.74) is 1.65. The number of rotatable bonds is 4.